The van der Waals surface area contributed by atoms with Crippen LogP contribution in [-0.2, 0) is 0 Å². The summed E-state index contributed by atoms with van der Waals surface area (Å²) >= 11 is 1.01. The Morgan fingerprint density at radius 3 is 3.15 bits per heavy atom. The molecule has 0 saturated heterocycles. The van der Waals surface area contributed by atoms with Gasteiger partial charge in [-0.05, 0) is 18.0 Å². The van der Waals surface area contributed by atoms with E-state index in [4.69, 9.17) is 5.26 Å². The number of carbonyl (C=O) groups excluding carboxylic acids is 1. The van der Waals surface area contributed by atoms with E-state index < -0.39 is 6.04 Å². The van der Waals surface area contributed by atoms with Gasteiger partial charge in [0.05, 0.1) is 12.3 Å². The highest BCUT2D eigenvalue weighted by atomic mass is 32.1. The highest BCUT2D eigenvalue weighted by Gasteiger charge is 2.12. The van der Waals surface area contributed by atoms with Crippen molar-refractivity contribution in [1.29, 1.82) is 5.26 Å². The van der Waals surface area contributed by atoms with Gasteiger partial charge in [0.15, 0.2) is 0 Å². The third-order valence-corrected chi connectivity index (χ3v) is 2.12. The van der Waals surface area contributed by atoms with Crippen LogP contribution in [0.5, 0.6) is 0 Å². The number of carbonyl (C=O) groups is 1. The van der Waals surface area contributed by atoms with E-state index in [9.17, 15) is 4.79 Å². The lowest BCUT2D eigenvalue weighted by Crippen LogP contribution is -2.32. The molecule has 0 unspecified atom stereocenters. The van der Waals surface area contributed by atoms with Gasteiger partial charge in [-0.3, -0.25) is 4.79 Å². The van der Waals surface area contributed by atoms with E-state index in [1.807, 2.05) is 13.0 Å². The van der Waals surface area contributed by atoms with Crippen molar-refractivity contribution < 1.29 is 4.79 Å². The van der Waals surface area contributed by atoms with Gasteiger partial charge in [-0.25, -0.2) is 0 Å². The summed E-state index contributed by atoms with van der Waals surface area (Å²) < 4.78 is 3.55. The second-order valence-corrected chi connectivity index (χ2v) is 3.13. The Morgan fingerprint density at radius 1 is 1.92 bits per heavy atom. The molecule has 13 heavy (non-hydrogen) atoms. The molecule has 68 valence electrons. The number of nitrogens with one attached hydrogen (secondary N) is 1. The van der Waals surface area contributed by atoms with Crippen LogP contribution in [0.3, 0.4) is 0 Å². The van der Waals surface area contributed by atoms with Gasteiger partial charge < -0.3 is 5.32 Å². The zero-order valence-corrected chi connectivity index (χ0v) is 7.84. The van der Waals surface area contributed by atoms with Gasteiger partial charge in [0, 0.05) is 0 Å². The third-order valence-electron chi connectivity index (χ3n) is 1.45. The Bertz CT molecular complexity index is 316. The number of hydrogen-bond acceptors (Lipinski definition) is 5. The van der Waals surface area contributed by atoms with Gasteiger partial charge >= 0.3 is 0 Å². The number of nitrogens with zero attached hydrogens (tertiary/aromatic N) is 3. The van der Waals surface area contributed by atoms with Crippen molar-refractivity contribution >= 4 is 17.4 Å². The molecule has 0 radical (unpaired) electrons. The van der Waals surface area contributed by atoms with Crippen LogP contribution in [0.1, 0.15) is 23.0 Å². The van der Waals surface area contributed by atoms with Crippen molar-refractivity contribution in [2.24, 2.45) is 0 Å². The number of hydrogen-bond donors (Lipinski definition) is 1. The number of rotatable bonds is 3. The molecular weight excluding hydrogens is 188 g/mol. The average Bonchev–Trinajstić information content (AvgIpc) is 2.66. The monoisotopic (exact) mass is 196 g/mol. The summed E-state index contributed by atoms with van der Waals surface area (Å²) in [5.74, 6) is -0.289. The smallest absolute Gasteiger partial charge is 0.265 e. The van der Waals surface area contributed by atoms with Gasteiger partial charge in [0.2, 0.25) is 0 Å². The Morgan fingerprint density at radius 2 is 2.69 bits per heavy atom. The lowest BCUT2D eigenvalue weighted by molar-refractivity contribution is 0.0948. The summed E-state index contributed by atoms with van der Waals surface area (Å²) in [5, 5.41) is 14.7. The SMILES string of the molecule is CC[C@H](C#N)NC(=O)c1cnns1. The van der Waals surface area contributed by atoms with E-state index in [1.54, 1.807) is 0 Å². The zero-order chi connectivity index (χ0) is 9.68. The minimum Gasteiger partial charge on any atom is -0.335 e. The molecule has 0 fully saturated rings. The molecule has 0 aliphatic carbocycles. The van der Waals surface area contributed by atoms with Gasteiger partial charge in [-0.15, -0.1) is 5.10 Å². The summed E-state index contributed by atoms with van der Waals surface area (Å²) in [7, 11) is 0. The lowest BCUT2D eigenvalue weighted by Gasteiger charge is -2.06. The molecule has 0 bridgehead atoms. The Kier molecular flexibility index (Phi) is 3.34. The van der Waals surface area contributed by atoms with Crippen LogP contribution in [0.25, 0.3) is 0 Å². The third kappa shape index (κ3) is 2.49. The lowest BCUT2D eigenvalue weighted by atomic mass is 10.2. The summed E-state index contributed by atoms with van der Waals surface area (Å²) in [4.78, 5) is 11.7. The Balaban J connectivity index is 2.57. The van der Waals surface area contributed by atoms with Gasteiger partial charge in [0.1, 0.15) is 10.9 Å². The van der Waals surface area contributed by atoms with Crippen LogP contribution in [0, 0.1) is 11.3 Å². The second kappa shape index (κ2) is 4.52. The molecule has 1 aromatic heterocycles. The molecule has 1 N–H and O–H groups in total. The van der Waals surface area contributed by atoms with E-state index in [0.717, 1.165) is 11.5 Å². The highest BCUT2D eigenvalue weighted by molar-refractivity contribution is 7.07. The summed E-state index contributed by atoms with van der Waals surface area (Å²) in [6.45, 7) is 1.83. The maximum absolute atomic E-state index is 11.3. The molecule has 5 nitrogen and oxygen atoms in total. The summed E-state index contributed by atoms with van der Waals surface area (Å²) in [6.07, 6.45) is 1.97. The summed E-state index contributed by atoms with van der Waals surface area (Å²) in [6, 6.07) is 1.54. The number of aromatic nitrogens is 2. The van der Waals surface area contributed by atoms with Crippen molar-refractivity contribution in [2.45, 2.75) is 19.4 Å². The zero-order valence-electron chi connectivity index (χ0n) is 7.02. The normalized spacial score (nSPS) is 11.7. The first-order valence-electron chi connectivity index (χ1n) is 3.75. The first-order valence-corrected chi connectivity index (χ1v) is 4.53. The van der Waals surface area contributed by atoms with Crippen molar-refractivity contribution in [1.82, 2.24) is 14.9 Å². The maximum atomic E-state index is 11.3. The molecule has 1 rings (SSSR count). The van der Waals surface area contributed by atoms with Crippen LogP contribution in [0.2, 0.25) is 0 Å². The fraction of sp³-hybridized carbons (Fsp3) is 0.429. The van der Waals surface area contributed by atoms with E-state index in [2.05, 4.69) is 14.9 Å². The van der Waals surface area contributed by atoms with Crippen molar-refractivity contribution in [3.63, 3.8) is 0 Å². The predicted octanol–water partition coefficient (Wildman–Crippen LogP) is 0.570. The van der Waals surface area contributed by atoms with Crippen LogP contribution in [0.15, 0.2) is 6.20 Å². The van der Waals surface area contributed by atoms with Gasteiger partial charge in [0.25, 0.3) is 5.91 Å². The maximum Gasteiger partial charge on any atom is 0.265 e. The second-order valence-electron chi connectivity index (χ2n) is 2.35. The van der Waals surface area contributed by atoms with Crippen LogP contribution < -0.4 is 5.32 Å². The topological polar surface area (TPSA) is 78.7 Å². The minimum atomic E-state index is -0.436. The van der Waals surface area contributed by atoms with Crippen molar-refractivity contribution in [2.75, 3.05) is 0 Å². The number of amides is 1. The van der Waals surface area contributed by atoms with Gasteiger partial charge in [-0.2, -0.15) is 5.26 Å². The van der Waals surface area contributed by atoms with E-state index in [0.29, 0.717) is 11.3 Å². The fourth-order valence-electron chi connectivity index (χ4n) is 0.722. The van der Waals surface area contributed by atoms with Crippen LogP contribution in [-0.4, -0.2) is 21.5 Å². The van der Waals surface area contributed by atoms with Gasteiger partial charge in [-0.1, -0.05) is 11.4 Å². The molecule has 0 aliphatic rings. The molecule has 0 aliphatic heterocycles. The molecule has 0 spiro atoms. The molecule has 6 heteroatoms. The largest absolute Gasteiger partial charge is 0.335 e. The van der Waals surface area contributed by atoms with Crippen LogP contribution in [0.4, 0.5) is 0 Å². The molecule has 1 atom stereocenters. The van der Waals surface area contributed by atoms with E-state index >= 15 is 0 Å². The highest BCUT2D eigenvalue weighted by Crippen LogP contribution is 2.02. The molecular formula is C7H8N4OS. The standard InChI is InChI=1S/C7H8N4OS/c1-2-5(3-8)10-7(12)6-4-9-11-13-6/h4-5H,2H2,1H3,(H,10,12)/t5-/m1/s1. The fourth-order valence-corrected chi connectivity index (χ4v) is 1.14. The molecule has 0 aromatic carbocycles. The molecule has 1 heterocycles. The number of nitriles is 1. The first-order chi connectivity index (χ1) is 6.27. The molecule has 1 aromatic rings. The summed E-state index contributed by atoms with van der Waals surface area (Å²) in [5.41, 5.74) is 0. The minimum absolute atomic E-state index is 0.289. The van der Waals surface area contributed by atoms with E-state index in [1.165, 1.54) is 6.20 Å². The average molecular weight is 196 g/mol. The molecule has 0 saturated carbocycles. The van der Waals surface area contributed by atoms with Crippen molar-refractivity contribution in [3.8, 4) is 6.07 Å². The first kappa shape index (κ1) is 9.61. The Labute approximate surface area is 79.5 Å². The Hall–Kier alpha value is -1.48. The van der Waals surface area contributed by atoms with Crippen molar-refractivity contribution in [3.05, 3.63) is 11.1 Å². The van der Waals surface area contributed by atoms with E-state index in [-0.39, 0.29) is 5.91 Å². The van der Waals surface area contributed by atoms with Crippen LogP contribution >= 0.6 is 11.5 Å². The quantitative estimate of drug-likeness (QED) is 0.766. The molecule has 1 amide bonds. The predicted molar refractivity (Wildman–Crippen MR) is 47.1 cm³/mol.